The molecule has 0 saturated carbocycles. The summed E-state index contributed by atoms with van der Waals surface area (Å²) in [7, 11) is 0. The van der Waals surface area contributed by atoms with Gasteiger partial charge in [-0.25, -0.2) is 0 Å². The zero-order valence-electron chi connectivity index (χ0n) is 20.8. The Balaban J connectivity index is 1.46. The molecule has 3 saturated heterocycles. The molecule has 5 atom stereocenters. The Labute approximate surface area is 221 Å². The Kier molecular flexibility index (Phi) is 7.00. The number of anilines is 1. The van der Waals surface area contributed by atoms with Crippen LogP contribution in [0.4, 0.5) is 5.69 Å². The number of hydrogen-bond donors (Lipinski definition) is 3. The highest BCUT2D eigenvalue weighted by Gasteiger charge is 2.78. The van der Waals surface area contributed by atoms with E-state index in [9.17, 15) is 19.5 Å². The number of likely N-dealkylation sites (tertiary alicyclic amines) is 1. The lowest BCUT2D eigenvalue weighted by molar-refractivity contribution is -0.146. The van der Waals surface area contributed by atoms with Gasteiger partial charge in [0, 0.05) is 30.4 Å². The Bertz CT molecular complexity index is 1180. The van der Waals surface area contributed by atoms with E-state index in [4.69, 9.17) is 16.3 Å². The van der Waals surface area contributed by atoms with E-state index in [0.717, 1.165) is 5.56 Å². The van der Waals surface area contributed by atoms with Crippen molar-refractivity contribution in [3.63, 3.8) is 0 Å². The van der Waals surface area contributed by atoms with Gasteiger partial charge in [0.15, 0.2) is 0 Å². The zero-order chi connectivity index (χ0) is 26.2. The molecule has 8 nitrogen and oxygen atoms in total. The van der Waals surface area contributed by atoms with Gasteiger partial charge in [0.1, 0.15) is 11.6 Å². The highest BCUT2D eigenvalue weighted by molar-refractivity contribution is 6.30. The lowest BCUT2D eigenvalue weighted by atomic mass is 9.65. The summed E-state index contributed by atoms with van der Waals surface area (Å²) in [4.78, 5) is 42.8. The van der Waals surface area contributed by atoms with Crippen LogP contribution in [0.2, 0.25) is 5.02 Å². The lowest BCUT2D eigenvalue weighted by Gasteiger charge is -2.34. The first-order valence-corrected chi connectivity index (χ1v) is 13.2. The van der Waals surface area contributed by atoms with Crippen LogP contribution in [0, 0.1) is 11.8 Å². The summed E-state index contributed by atoms with van der Waals surface area (Å²) < 4.78 is 6.71. The number of fused-ring (bicyclic) bond motifs is 1. The van der Waals surface area contributed by atoms with Crippen LogP contribution in [0.5, 0.6) is 0 Å². The normalized spacial score (nSPS) is 29.9. The van der Waals surface area contributed by atoms with Crippen molar-refractivity contribution in [3.05, 3.63) is 65.2 Å². The highest BCUT2D eigenvalue weighted by atomic mass is 35.5. The van der Waals surface area contributed by atoms with Crippen molar-refractivity contribution in [2.75, 3.05) is 18.5 Å². The van der Waals surface area contributed by atoms with Crippen molar-refractivity contribution in [1.82, 2.24) is 10.2 Å². The summed E-state index contributed by atoms with van der Waals surface area (Å²) in [6.07, 6.45) is 1.98. The van der Waals surface area contributed by atoms with Gasteiger partial charge in [-0.15, -0.1) is 0 Å². The summed E-state index contributed by atoms with van der Waals surface area (Å²) in [5.41, 5.74) is -0.391. The molecular weight excluding hydrogens is 494 g/mol. The molecular formula is C28H32ClN3O5. The molecule has 0 aliphatic carbocycles. The number of carbonyl (C=O) groups is 3. The van der Waals surface area contributed by atoms with Gasteiger partial charge >= 0.3 is 0 Å². The van der Waals surface area contributed by atoms with E-state index in [1.807, 2.05) is 37.3 Å². The maximum atomic E-state index is 13.9. The van der Waals surface area contributed by atoms with Gasteiger partial charge in [-0.3, -0.25) is 14.4 Å². The second-order valence-electron chi connectivity index (χ2n) is 10.1. The van der Waals surface area contributed by atoms with E-state index in [2.05, 4.69) is 10.6 Å². The van der Waals surface area contributed by atoms with E-state index in [-0.39, 0.29) is 30.9 Å². The Morgan fingerprint density at radius 1 is 1.11 bits per heavy atom. The molecule has 2 aromatic rings. The van der Waals surface area contributed by atoms with Crippen molar-refractivity contribution in [2.24, 2.45) is 11.8 Å². The van der Waals surface area contributed by atoms with Crippen molar-refractivity contribution < 1.29 is 24.2 Å². The van der Waals surface area contributed by atoms with Crippen LogP contribution < -0.4 is 10.6 Å². The van der Waals surface area contributed by atoms with E-state index in [0.29, 0.717) is 42.9 Å². The second kappa shape index (κ2) is 10.1. The average Bonchev–Trinajstić information content (AvgIpc) is 3.51. The SMILES string of the molecule is CC[C@@]12CCC3(O1)C(C(=O)Nc1ccc(Cl)cc1)N(CCCO)C(=O)[C@@H]3[C@@H]2C(=O)NCc1ccccc1. The lowest BCUT2D eigenvalue weighted by Crippen LogP contribution is -2.53. The molecule has 3 fully saturated rings. The molecule has 3 N–H and O–H groups in total. The molecule has 1 spiro atoms. The number of aliphatic hydroxyl groups is 1. The van der Waals surface area contributed by atoms with Crippen LogP contribution in [0.1, 0.15) is 38.2 Å². The summed E-state index contributed by atoms with van der Waals surface area (Å²) in [6.45, 7) is 2.40. The smallest absolute Gasteiger partial charge is 0.250 e. The molecule has 5 rings (SSSR count). The van der Waals surface area contributed by atoms with Crippen LogP contribution in [-0.4, -0.2) is 58.1 Å². The monoisotopic (exact) mass is 525 g/mol. The molecule has 0 aromatic heterocycles. The number of amides is 3. The highest BCUT2D eigenvalue weighted by Crippen LogP contribution is 2.64. The minimum absolute atomic E-state index is 0.117. The maximum absolute atomic E-state index is 13.9. The fraction of sp³-hybridized carbons (Fsp3) is 0.464. The van der Waals surface area contributed by atoms with Gasteiger partial charge in [-0.05, 0) is 55.5 Å². The van der Waals surface area contributed by atoms with Crippen molar-refractivity contribution in [3.8, 4) is 0 Å². The molecule has 196 valence electrons. The summed E-state index contributed by atoms with van der Waals surface area (Å²) >= 11 is 5.99. The molecule has 3 heterocycles. The Hall–Kier alpha value is -2.94. The minimum atomic E-state index is -1.10. The van der Waals surface area contributed by atoms with Gasteiger partial charge in [-0.2, -0.15) is 0 Å². The molecule has 0 radical (unpaired) electrons. The topological polar surface area (TPSA) is 108 Å². The van der Waals surface area contributed by atoms with Crippen LogP contribution in [0.3, 0.4) is 0 Å². The fourth-order valence-corrected chi connectivity index (χ4v) is 6.66. The van der Waals surface area contributed by atoms with E-state index in [1.54, 1.807) is 24.3 Å². The van der Waals surface area contributed by atoms with Crippen LogP contribution in [0.15, 0.2) is 54.6 Å². The number of rotatable bonds is 9. The molecule has 37 heavy (non-hydrogen) atoms. The van der Waals surface area contributed by atoms with E-state index < -0.39 is 29.1 Å². The predicted octanol–water partition coefficient (Wildman–Crippen LogP) is 3.13. The van der Waals surface area contributed by atoms with Gasteiger partial charge in [0.05, 0.1) is 17.4 Å². The van der Waals surface area contributed by atoms with Crippen LogP contribution >= 0.6 is 11.6 Å². The number of hydrogen-bond acceptors (Lipinski definition) is 5. The van der Waals surface area contributed by atoms with Gasteiger partial charge < -0.3 is 25.4 Å². The largest absolute Gasteiger partial charge is 0.396 e. The van der Waals surface area contributed by atoms with Crippen molar-refractivity contribution >= 4 is 35.0 Å². The van der Waals surface area contributed by atoms with Crippen molar-refractivity contribution in [1.29, 1.82) is 0 Å². The first kappa shape index (κ1) is 25.7. The minimum Gasteiger partial charge on any atom is -0.396 e. The predicted molar refractivity (Wildman–Crippen MR) is 139 cm³/mol. The molecule has 3 aliphatic rings. The third kappa shape index (κ3) is 4.31. The van der Waals surface area contributed by atoms with Gasteiger partial charge in [0.25, 0.3) is 0 Å². The number of halogens is 1. The maximum Gasteiger partial charge on any atom is 0.250 e. The second-order valence-corrected chi connectivity index (χ2v) is 10.6. The standard InChI is InChI=1S/C28H32ClN3O5/c1-2-27-13-14-28(37-27)22(21(27)24(34)30-17-18-7-4-3-5-8-18)26(36)32(15-6-16-33)23(28)25(35)31-20-11-9-19(29)10-12-20/h3-5,7-12,21-23,33H,2,6,13-17H2,1H3,(H,30,34)(H,31,35)/t21-,22+,23?,27+,28?/m1/s1. The quantitative estimate of drug-likeness (QED) is 0.466. The van der Waals surface area contributed by atoms with Crippen LogP contribution in [-0.2, 0) is 25.7 Å². The number of carbonyl (C=O) groups excluding carboxylic acids is 3. The van der Waals surface area contributed by atoms with E-state index in [1.165, 1.54) is 4.90 Å². The fourth-order valence-electron chi connectivity index (χ4n) is 6.54. The van der Waals surface area contributed by atoms with Gasteiger partial charge in [-0.1, -0.05) is 48.9 Å². The van der Waals surface area contributed by atoms with Gasteiger partial charge in [0.2, 0.25) is 17.7 Å². The number of nitrogens with one attached hydrogen (secondary N) is 2. The third-order valence-corrected chi connectivity index (χ3v) is 8.44. The molecule has 2 bridgehead atoms. The number of benzene rings is 2. The Morgan fingerprint density at radius 2 is 1.84 bits per heavy atom. The van der Waals surface area contributed by atoms with Crippen LogP contribution in [0.25, 0.3) is 0 Å². The zero-order valence-corrected chi connectivity index (χ0v) is 21.5. The molecule has 3 amide bonds. The summed E-state index contributed by atoms with van der Waals surface area (Å²) in [5, 5.41) is 16.0. The first-order valence-electron chi connectivity index (χ1n) is 12.8. The van der Waals surface area contributed by atoms with Crippen molar-refractivity contribution in [2.45, 2.75) is 56.4 Å². The average molecular weight is 526 g/mol. The molecule has 9 heteroatoms. The summed E-state index contributed by atoms with van der Waals surface area (Å²) in [5.74, 6) is -2.33. The number of nitrogens with zero attached hydrogens (tertiary/aromatic N) is 1. The summed E-state index contributed by atoms with van der Waals surface area (Å²) in [6, 6.07) is 15.5. The molecule has 2 aromatic carbocycles. The first-order chi connectivity index (χ1) is 17.8. The third-order valence-electron chi connectivity index (χ3n) is 8.19. The Morgan fingerprint density at radius 3 is 2.51 bits per heavy atom. The number of aliphatic hydroxyl groups excluding tert-OH is 1. The number of ether oxygens (including phenoxy) is 1. The van der Waals surface area contributed by atoms with E-state index >= 15 is 0 Å². The molecule has 2 unspecified atom stereocenters. The molecule has 3 aliphatic heterocycles.